The Morgan fingerprint density at radius 2 is 2.00 bits per heavy atom. The molecule has 4 heteroatoms. The van der Waals surface area contributed by atoms with Crippen molar-refractivity contribution in [1.29, 1.82) is 0 Å². The van der Waals surface area contributed by atoms with Crippen LogP contribution in [0.4, 0.5) is 0 Å². The number of nitrogens with zero attached hydrogens (tertiary/aromatic N) is 1. The first kappa shape index (κ1) is 13.9. The standard InChI is InChI=1S/C15H21NO3/c1-10-8-16(9-11(10)2)15(18)14(17)12-5-4-6-13(7-12)19-3/h4-7,10-11,14,17H,8-9H2,1-3H3. The fourth-order valence-electron chi connectivity index (χ4n) is 2.44. The maximum Gasteiger partial charge on any atom is 0.256 e. The van der Waals surface area contributed by atoms with Gasteiger partial charge in [0, 0.05) is 13.1 Å². The van der Waals surface area contributed by atoms with E-state index in [-0.39, 0.29) is 5.91 Å². The minimum Gasteiger partial charge on any atom is -0.497 e. The van der Waals surface area contributed by atoms with E-state index in [9.17, 15) is 9.90 Å². The third-order valence-electron chi connectivity index (χ3n) is 3.94. The van der Waals surface area contributed by atoms with Crippen molar-refractivity contribution in [2.75, 3.05) is 20.2 Å². The van der Waals surface area contributed by atoms with Crippen molar-refractivity contribution in [1.82, 2.24) is 4.90 Å². The number of rotatable bonds is 3. The van der Waals surface area contributed by atoms with Crippen LogP contribution in [0.15, 0.2) is 24.3 Å². The van der Waals surface area contributed by atoms with Crippen LogP contribution in [0.25, 0.3) is 0 Å². The zero-order chi connectivity index (χ0) is 14.0. The van der Waals surface area contributed by atoms with Gasteiger partial charge >= 0.3 is 0 Å². The summed E-state index contributed by atoms with van der Waals surface area (Å²) in [4.78, 5) is 14.0. The lowest BCUT2D eigenvalue weighted by Crippen LogP contribution is -2.33. The fourth-order valence-corrected chi connectivity index (χ4v) is 2.44. The Balaban J connectivity index is 2.10. The average Bonchev–Trinajstić information content (AvgIpc) is 2.77. The summed E-state index contributed by atoms with van der Waals surface area (Å²) in [5.74, 6) is 1.40. The van der Waals surface area contributed by atoms with Crippen molar-refractivity contribution in [3.8, 4) is 5.75 Å². The van der Waals surface area contributed by atoms with Crippen LogP contribution in [0, 0.1) is 11.8 Å². The van der Waals surface area contributed by atoms with Gasteiger partial charge in [-0.05, 0) is 29.5 Å². The van der Waals surface area contributed by atoms with E-state index in [2.05, 4.69) is 13.8 Å². The van der Waals surface area contributed by atoms with Gasteiger partial charge in [0.15, 0.2) is 6.10 Å². The van der Waals surface area contributed by atoms with Crippen molar-refractivity contribution in [2.45, 2.75) is 20.0 Å². The van der Waals surface area contributed by atoms with Crippen LogP contribution in [0.5, 0.6) is 5.75 Å². The Labute approximate surface area is 114 Å². The Morgan fingerprint density at radius 1 is 1.37 bits per heavy atom. The minimum absolute atomic E-state index is 0.218. The molecule has 1 saturated heterocycles. The van der Waals surface area contributed by atoms with E-state index in [0.717, 1.165) is 13.1 Å². The van der Waals surface area contributed by atoms with Crippen LogP contribution in [0.2, 0.25) is 0 Å². The number of aliphatic hydroxyl groups excluding tert-OH is 1. The minimum atomic E-state index is -1.10. The van der Waals surface area contributed by atoms with Crippen molar-refractivity contribution in [3.05, 3.63) is 29.8 Å². The molecule has 19 heavy (non-hydrogen) atoms. The summed E-state index contributed by atoms with van der Waals surface area (Å²) in [5.41, 5.74) is 0.580. The van der Waals surface area contributed by atoms with Gasteiger partial charge in [-0.3, -0.25) is 4.79 Å². The van der Waals surface area contributed by atoms with Gasteiger partial charge in [0.05, 0.1) is 7.11 Å². The second kappa shape index (κ2) is 5.61. The highest BCUT2D eigenvalue weighted by Crippen LogP contribution is 2.26. The number of hydrogen-bond donors (Lipinski definition) is 1. The number of likely N-dealkylation sites (tertiary alicyclic amines) is 1. The quantitative estimate of drug-likeness (QED) is 0.905. The van der Waals surface area contributed by atoms with E-state index in [0.29, 0.717) is 23.1 Å². The number of benzene rings is 1. The molecule has 104 valence electrons. The van der Waals surface area contributed by atoms with E-state index in [1.165, 1.54) is 0 Å². The largest absolute Gasteiger partial charge is 0.497 e. The number of ether oxygens (including phenoxy) is 1. The molecule has 3 atom stereocenters. The summed E-state index contributed by atoms with van der Waals surface area (Å²) in [6, 6.07) is 7.01. The number of hydrogen-bond acceptors (Lipinski definition) is 3. The van der Waals surface area contributed by atoms with Crippen molar-refractivity contribution < 1.29 is 14.6 Å². The predicted molar refractivity (Wildman–Crippen MR) is 72.9 cm³/mol. The lowest BCUT2D eigenvalue weighted by atomic mass is 10.0. The third kappa shape index (κ3) is 2.89. The predicted octanol–water partition coefficient (Wildman–Crippen LogP) is 1.84. The van der Waals surface area contributed by atoms with Gasteiger partial charge in [-0.15, -0.1) is 0 Å². The highest BCUT2D eigenvalue weighted by atomic mass is 16.5. The third-order valence-corrected chi connectivity index (χ3v) is 3.94. The first-order valence-corrected chi connectivity index (χ1v) is 6.63. The molecule has 1 amide bonds. The molecule has 1 aromatic rings. The molecule has 1 aliphatic heterocycles. The molecule has 2 rings (SSSR count). The molecule has 0 aliphatic carbocycles. The van der Waals surface area contributed by atoms with Gasteiger partial charge in [-0.2, -0.15) is 0 Å². The smallest absolute Gasteiger partial charge is 0.256 e. The van der Waals surface area contributed by atoms with Crippen LogP contribution in [-0.2, 0) is 4.79 Å². The van der Waals surface area contributed by atoms with Crippen LogP contribution in [0.3, 0.4) is 0 Å². The summed E-state index contributed by atoms with van der Waals surface area (Å²) in [5, 5.41) is 10.2. The first-order chi connectivity index (χ1) is 9.02. The van der Waals surface area contributed by atoms with Gasteiger partial charge in [0.1, 0.15) is 5.75 Å². The maximum absolute atomic E-state index is 12.3. The molecule has 0 saturated carbocycles. The number of aliphatic hydroxyl groups is 1. The monoisotopic (exact) mass is 263 g/mol. The highest BCUT2D eigenvalue weighted by Gasteiger charge is 2.32. The average molecular weight is 263 g/mol. The molecule has 1 aliphatic rings. The van der Waals surface area contributed by atoms with Crippen molar-refractivity contribution in [2.24, 2.45) is 11.8 Å². The molecule has 0 bridgehead atoms. The Kier molecular flexibility index (Phi) is 4.10. The molecule has 1 N–H and O–H groups in total. The van der Waals surface area contributed by atoms with E-state index in [4.69, 9.17) is 4.74 Å². The molecule has 0 radical (unpaired) electrons. The summed E-state index contributed by atoms with van der Waals surface area (Å²) in [6.45, 7) is 5.72. The number of carbonyl (C=O) groups excluding carboxylic acids is 1. The van der Waals surface area contributed by atoms with Crippen LogP contribution >= 0.6 is 0 Å². The topological polar surface area (TPSA) is 49.8 Å². The molecule has 1 aromatic carbocycles. The molecule has 0 spiro atoms. The molecular formula is C15H21NO3. The van der Waals surface area contributed by atoms with Crippen molar-refractivity contribution >= 4 is 5.91 Å². The Hall–Kier alpha value is -1.55. The zero-order valence-corrected chi connectivity index (χ0v) is 11.7. The second-order valence-corrected chi connectivity index (χ2v) is 5.38. The van der Waals surface area contributed by atoms with Gasteiger partial charge in [0.2, 0.25) is 0 Å². The summed E-state index contributed by atoms with van der Waals surface area (Å²) < 4.78 is 5.11. The summed E-state index contributed by atoms with van der Waals surface area (Å²) in [6.07, 6.45) is -1.10. The number of carbonyl (C=O) groups is 1. The molecule has 4 nitrogen and oxygen atoms in total. The van der Waals surface area contributed by atoms with Crippen LogP contribution in [-0.4, -0.2) is 36.1 Å². The SMILES string of the molecule is COc1cccc(C(O)C(=O)N2CC(C)C(C)C2)c1. The molecule has 1 heterocycles. The lowest BCUT2D eigenvalue weighted by Gasteiger charge is -2.20. The Bertz CT molecular complexity index is 450. The van der Waals surface area contributed by atoms with Crippen molar-refractivity contribution in [3.63, 3.8) is 0 Å². The van der Waals surface area contributed by atoms with Crippen LogP contribution in [0.1, 0.15) is 25.5 Å². The van der Waals surface area contributed by atoms with Gasteiger partial charge in [-0.1, -0.05) is 26.0 Å². The van der Waals surface area contributed by atoms with Crippen LogP contribution < -0.4 is 4.74 Å². The summed E-state index contributed by atoms with van der Waals surface area (Å²) in [7, 11) is 1.57. The molecular weight excluding hydrogens is 242 g/mol. The highest BCUT2D eigenvalue weighted by molar-refractivity contribution is 5.82. The normalized spacial score (nSPS) is 24.3. The molecule has 1 fully saturated rings. The van der Waals surface area contributed by atoms with Gasteiger partial charge < -0.3 is 14.7 Å². The second-order valence-electron chi connectivity index (χ2n) is 5.38. The Morgan fingerprint density at radius 3 is 2.58 bits per heavy atom. The zero-order valence-electron chi connectivity index (χ0n) is 11.7. The van der Waals surface area contributed by atoms with E-state index in [1.54, 1.807) is 36.3 Å². The number of methoxy groups -OCH3 is 1. The first-order valence-electron chi connectivity index (χ1n) is 6.63. The summed E-state index contributed by atoms with van der Waals surface area (Å²) >= 11 is 0. The van der Waals surface area contributed by atoms with E-state index >= 15 is 0 Å². The van der Waals surface area contributed by atoms with E-state index < -0.39 is 6.10 Å². The molecule has 3 unspecified atom stereocenters. The van der Waals surface area contributed by atoms with Gasteiger partial charge in [-0.25, -0.2) is 0 Å². The lowest BCUT2D eigenvalue weighted by molar-refractivity contribution is -0.139. The maximum atomic E-state index is 12.3. The van der Waals surface area contributed by atoms with E-state index in [1.807, 2.05) is 0 Å². The molecule has 0 aromatic heterocycles. The fraction of sp³-hybridized carbons (Fsp3) is 0.533. The van der Waals surface area contributed by atoms with Gasteiger partial charge in [0.25, 0.3) is 5.91 Å². The number of amides is 1.